The van der Waals surface area contributed by atoms with E-state index >= 15 is 0 Å². The highest BCUT2D eigenvalue weighted by Crippen LogP contribution is 2.48. The van der Waals surface area contributed by atoms with E-state index in [2.05, 4.69) is 25.3 Å². The summed E-state index contributed by atoms with van der Waals surface area (Å²) in [4.78, 5) is 36.1. The topological polar surface area (TPSA) is 133 Å². The average Bonchev–Trinajstić information content (AvgIpc) is 3.67. The van der Waals surface area contributed by atoms with Crippen LogP contribution in [0, 0.1) is 5.92 Å². The molecule has 3 aliphatic heterocycles. The average molecular weight is 581 g/mol. The van der Waals surface area contributed by atoms with Crippen LogP contribution < -0.4 is 20.5 Å². The van der Waals surface area contributed by atoms with E-state index in [0.717, 1.165) is 31.5 Å². The largest absolute Gasteiger partial charge is 0.485 e. The van der Waals surface area contributed by atoms with Gasteiger partial charge in [0.25, 0.3) is 5.89 Å². The first-order valence-corrected chi connectivity index (χ1v) is 13.9. The number of aliphatic imine (C=N–C) groups is 2. The molecule has 3 aromatic rings. The van der Waals surface area contributed by atoms with Crippen LogP contribution in [-0.2, 0) is 17.9 Å². The highest BCUT2D eigenvalue weighted by molar-refractivity contribution is 6.34. The van der Waals surface area contributed by atoms with Crippen molar-refractivity contribution in [2.45, 2.75) is 26.0 Å². The number of hydrogen-bond acceptors (Lipinski definition) is 10. The Morgan fingerprint density at radius 2 is 1.88 bits per heavy atom. The minimum Gasteiger partial charge on any atom is -0.485 e. The monoisotopic (exact) mass is 580 g/mol. The van der Waals surface area contributed by atoms with E-state index in [9.17, 15) is 9.59 Å². The molecular weight excluding hydrogens is 552 g/mol. The molecule has 1 amide bonds. The predicted molar refractivity (Wildman–Crippen MR) is 152 cm³/mol. The first kappa shape index (κ1) is 27.0. The van der Waals surface area contributed by atoms with Gasteiger partial charge in [0, 0.05) is 18.2 Å². The zero-order chi connectivity index (χ0) is 28.2. The van der Waals surface area contributed by atoms with Crippen molar-refractivity contribution in [3.05, 3.63) is 57.5 Å². The van der Waals surface area contributed by atoms with Gasteiger partial charge in [0.2, 0.25) is 0 Å². The lowest BCUT2D eigenvalue weighted by molar-refractivity contribution is 0.154. The second-order valence-corrected chi connectivity index (χ2v) is 10.3. The van der Waals surface area contributed by atoms with Crippen LogP contribution in [0.3, 0.4) is 0 Å². The fraction of sp³-hybridized carbons (Fsp3) is 0.393. The molecule has 41 heavy (non-hydrogen) atoms. The van der Waals surface area contributed by atoms with E-state index in [4.69, 9.17) is 30.2 Å². The Bertz CT molecular complexity index is 1530. The molecule has 12 nitrogen and oxygen atoms in total. The molecule has 0 saturated carbocycles. The van der Waals surface area contributed by atoms with Crippen molar-refractivity contribution >= 4 is 35.4 Å². The Kier molecular flexibility index (Phi) is 8.01. The third-order valence-electron chi connectivity index (χ3n) is 7.29. The molecular formula is C28H29ClN6O6. The lowest BCUT2D eigenvalue weighted by atomic mass is 9.92. The van der Waals surface area contributed by atoms with E-state index < -0.39 is 11.8 Å². The summed E-state index contributed by atoms with van der Waals surface area (Å²) in [5.74, 6) is 0.424. The number of halogens is 1. The summed E-state index contributed by atoms with van der Waals surface area (Å²) < 4.78 is 23.8. The normalized spacial score (nSPS) is 17.0. The number of rotatable bonds is 8. The zero-order valence-electron chi connectivity index (χ0n) is 22.3. The number of nitrogens with zero attached hydrogens (tertiary/aromatic N) is 5. The molecule has 0 bridgehead atoms. The van der Waals surface area contributed by atoms with Crippen LogP contribution in [0.4, 0.5) is 10.5 Å². The predicted octanol–water partition coefficient (Wildman–Crippen LogP) is 3.87. The van der Waals surface area contributed by atoms with Gasteiger partial charge in [-0.05, 0) is 37.6 Å². The Hall–Kier alpha value is -4.16. The van der Waals surface area contributed by atoms with Gasteiger partial charge in [0.1, 0.15) is 31.8 Å². The summed E-state index contributed by atoms with van der Waals surface area (Å²) in [5.41, 5.74) is 2.56. The number of hydrogen-bond donors (Lipinski definition) is 1. The first-order valence-electron chi connectivity index (χ1n) is 13.5. The Morgan fingerprint density at radius 1 is 1.10 bits per heavy atom. The number of likely N-dealkylation sites (tertiary alicyclic amines) is 1. The van der Waals surface area contributed by atoms with Crippen LogP contribution in [0.5, 0.6) is 11.5 Å². The number of carbonyl (C=O) groups excluding carboxylic acids is 1. The van der Waals surface area contributed by atoms with Gasteiger partial charge in [0.15, 0.2) is 11.5 Å². The second-order valence-electron chi connectivity index (χ2n) is 9.91. The molecule has 0 spiro atoms. The molecule has 3 aliphatic rings. The smallest absolute Gasteiger partial charge is 0.437 e. The fourth-order valence-electron chi connectivity index (χ4n) is 5.12. The van der Waals surface area contributed by atoms with Gasteiger partial charge in [-0.25, -0.2) is 14.6 Å². The molecule has 0 aliphatic carbocycles. The number of piperidine rings is 1. The summed E-state index contributed by atoms with van der Waals surface area (Å²) in [6.07, 6.45) is 2.97. The lowest BCUT2D eigenvalue weighted by Gasteiger charge is -2.31. The zero-order valence-corrected chi connectivity index (χ0v) is 23.0. The number of ether oxygens (including phenoxy) is 3. The maximum Gasteiger partial charge on any atom is 0.437 e. The molecule has 0 radical (unpaired) electrons. The van der Waals surface area contributed by atoms with Gasteiger partial charge in [-0.15, -0.1) is 5.10 Å². The van der Waals surface area contributed by atoms with E-state index in [1.165, 1.54) is 16.5 Å². The van der Waals surface area contributed by atoms with E-state index in [1.54, 1.807) is 6.34 Å². The Labute approximate surface area is 240 Å². The standard InChI is InChI=1S/C28H29ClN6O6/c29-21-14-20(24-25(39-13-12-38-24)23(21)32-27(36)40-16-18-4-2-1-3-5-18)26-33-35(28(37)41-26)11-10-34-8-6-19(7-9-34)22-15-30-17-31-22/h1-5,14,17,19H,6-13,15-16H2,(H,32,36). The van der Waals surface area contributed by atoms with Crippen LogP contribution >= 0.6 is 11.6 Å². The fourth-order valence-corrected chi connectivity index (χ4v) is 5.36. The summed E-state index contributed by atoms with van der Waals surface area (Å²) in [6.45, 7) is 4.17. The van der Waals surface area contributed by atoms with Crippen LogP contribution in [-0.4, -0.2) is 72.2 Å². The molecule has 4 heterocycles. The number of anilines is 1. The summed E-state index contributed by atoms with van der Waals surface area (Å²) in [6, 6.07) is 10.8. The van der Waals surface area contributed by atoms with Crippen LogP contribution in [0.2, 0.25) is 5.02 Å². The molecule has 1 aromatic heterocycles. The minimum atomic E-state index is -0.704. The SMILES string of the molecule is O=C(Nc1c(Cl)cc(-c2nn(CCN3CCC(C4=NC=NC4)CC3)c(=O)o2)c2c1OCCO2)OCc1ccccc1. The quantitative estimate of drug-likeness (QED) is 0.424. The van der Waals surface area contributed by atoms with Crippen molar-refractivity contribution in [1.29, 1.82) is 0 Å². The highest BCUT2D eigenvalue weighted by atomic mass is 35.5. The molecule has 6 rings (SSSR count). The maximum atomic E-state index is 12.7. The summed E-state index contributed by atoms with van der Waals surface area (Å²) in [5, 5.41) is 7.21. The molecule has 1 fully saturated rings. The van der Waals surface area contributed by atoms with Crippen LogP contribution in [0.1, 0.15) is 18.4 Å². The molecule has 1 saturated heterocycles. The van der Waals surface area contributed by atoms with Crippen LogP contribution in [0.25, 0.3) is 11.5 Å². The first-order chi connectivity index (χ1) is 20.0. The number of benzene rings is 2. The van der Waals surface area contributed by atoms with E-state index in [1.807, 2.05) is 30.3 Å². The number of fused-ring (bicyclic) bond motifs is 1. The van der Waals surface area contributed by atoms with Crippen molar-refractivity contribution in [2.24, 2.45) is 15.9 Å². The van der Waals surface area contributed by atoms with Crippen molar-refractivity contribution < 1.29 is 23.4 Å². The summed E-state index contributed by atoms with van der Waals surface area (Å²) >= 11 is 6.56. The van der Waals surface area contributed by atoms with E-state index in [-0.39, 0.29) is 47.9 Å². The number of nitrogens with one attached hydrogen (secondary N) is 1. The van der Waals surface area contributed by atoms with Crippen molar-refractivity contribution in [2.75, 3.05) is 44.7 Å². The highest BCUT2D eigenvalue weighted by Gasteiger charge is 2.29. The minimum absolute atomic E-state index is 0.0507. The second kappa shape index (κ2) is 12.1. The third-order valence-corrected chi connectivity index (χ3v) is 7.58. The third kappa shape index (κ3) is 6.13. The van der Waals surface area contributed by atoms with E-state index in [0.29, 0.717) is 31.1 Å². The van der Waals surface area contributed by atoms with Crippen molar-refractivity contribution in [1.82, 2.24) is 14.7 Å². The number of aromatic nitrogens is 2. The summed E-state index contributed by atoms with van der Waals surface area (Å²) in [7, 11) is 0. The Morgan fingerprint density at radius 3 is 2.63 bits per heavy atom. The Balaban J connectivity index is 1.13. The maximum absolute atomic E-state index is 12.7. The molecule has 0 atom stereocenters. The van der Waals surface area contributed by atoms with Gasteiger partial charge in [0.05, 0.1) is 23.7 Å². The van der Waals surface area contributed by atoms with Gasteiger partial charge in [-0.1, -0.05) is 41.9 Å². The molecule has 214 valence electrons. The lowest BCUT2D eigenvalue weighted by Crippen LogP contribution is -2.39. The number of carbonyl (C=O) groups is 1. The van der Waals surface area contributed by atoms with Gasteiger partial charge in [-0.2, -0.15) is 4.68 Å². The van der Waals surface area contributed by atoms with Gasteiger partial charge < -0.3 is 23.5 Å². The van der Waals surface area contributed by atoms with Crippen molar-refractivity contribution in [3.8, 4) is 23.0 Å². The van der Waals surface area contributed by atoms with Crippen molar-refractivity contribution in [3.63, 3.8) is 0 Å². The molecule has 13 heteroatoms. The molecule has 1 N–H and O–H groups in total. The van der Waals surface area contributed by atoms with Gasteiger partial charge in [-0.3, -0.25) is 10.3 Å². The van der Waals surface area contributed by atoms with Gasteiger partial charge >= 0.3 is 11.8 Å². The molecule has 0 unspecified atom stereocenters. The molecule has 2 aromatic carbocycles. The van der Waals surface area contributed by atoms with Crippen LogP contribution in [0.15, 0.2) is 55.6 Å². The number of amides is 1.